The molecule has 3 aromatic rings. The minimum absolute atomic E-state index is 0.372. The number of imide groups is 1. The van der Waals surface area contributed by atoms with Gasteiger partial charge in [0.15, 0.2) is 0 Å². The largest absolute Gasteiger partial charge is 0.361 e. The van der Waals surface area contributed by atoms with E-state index in [-0.39, 0.29) is 5.91 Å². The van der Waals surface area contributed by atoms with E-state index in [1.807, 2.05) is 24.3 Å². The third-order valence-corrected chi connectivity index (χ3v) is 7.61. The summed E-state index contributed by atoms with van der Waals surface area (Å²) in [5.74, 6) is -0.773. The molecule has 1 fully saturated rings. The highest BCUT2D eigenvalue weighted by Crippen LogP contribution is 2.31. The summed E-state index contributed by atoms with van der Waals surface area (Å²) in [5, 5.41) is 9.18. The number of hydrogen-bond donors (Lipinski definition) is 3. The maximum atomic E-state index is 12.8. The molecule has 3 aromatic carbocycles. The van der Waals surface area contributed by atoms with Gasteiger partial charge < -0.3 is 10.6 Å². The summed E-state index contributed by atoms with van der Waals surface area (Å²) in [4.78, 5) is 27.8. The number of aryl methyl sites for hydroxylation is 2. The lowest BCUT2D eigenvalue weighted by atomic mass is 9.94. The van der Waals surface area contributed by atoms with Crippen LogP contribution in [0, 0.1) is 0 Å². The van der Waals surface area contributed by atoms with Crippen molar-refractivity contribution in [2.24, 2.45) is 0 Å². The third-order valence-electron chi connectivity index (χ3n) is 7.61. The first-order valence-electron chi connectivity index (χ1n) is 13.3. The smallest absolute Gasteiger partial charge is 0.260 e. The van der Waals surface area contributed by atoms with Crippen molar-refractivity contribution >= 4 is 34.4 Å². The Bertz CT molecular complexity index is 1370. The summed E-state index contributed by atoms with van der Waals surface area (Å²) in [6.45, 7) is 3.31. The van der Waals surface area contributed by atoms with Crippen molar-refractivity contribution in [3.05, 3.63) is 94.7 Å². The lowest BCUT2D eigenvalue weighted by Gasteiger charge is -2.26. The van der Waals surface area contributed by atoms with Gasteiger partial charge in [0.25, 0.3) is 11.8 Å². The van der Waals surface area contributed by atoms with Crippen LogP contribution in [-0.4, -0.2) is 29.8 Å². The van der Waals surface area contributed by atoms with Gasteiger partial charge in [0.05, 0.1) is 5.57 Å². The fourth-order valence-electron chi connectivity index (χ4n) is 5.60. The standard InChI is InChI=1S/C31H32N4O2/c36-30-27-14-13-26(33-25-12-9-22-5-4-6-23(22)17-25)18-28(27)29(31(37)34-30)19-32-24-10-7-21(8-11-24)20-35-15-2-1-3-16-35/h7-14,17-19,32-33H,1-6,15-16,20H2,(H,34,36,37)/b29-19-. The monoisotopic (exact) mass is 492 g/mol. The zero-order valence-corrected chi connectivity index (χ0v) is 21.0. The van der Waals surface area contributed by atoms with Gasteiger partial charge in [-0.15, -0.1) is 0 Å². The van der Waals surface area contributed by atoms with Gasteiger partial charge in [-0.2, -0.15) is 0 Å². The number of nitrogens with one attached hydrogen (secondary N) is 3. The molecule has 6 rings (SSSR count). The van der Waals surface area contributed by atoms with Gasteiger partial charge in [-0.05, 0) is 104 Å². The second kappa shape index (κ2) is 10.2. The number of piperidine rings is 1. The van der Waals surface area contributed by atoms with E-state index in [9.17, 15) is 9.59 Å². The van der Waals surface area contributed by atoms with Gasteiger partial charge in [0.2, 0.25) is 0 Å². The highest BCUT2D eigenvalue weighted by Gasteiger charge is 2.27. The molecule has 3 N–H and O–H groups in total. The lowest BCUT2D eigenvalue weighted by Crippen LogP contribution is -2.36. The minimum Gasteiger partial charge on any atom is -0.361 e. The number of rotatable bonds is 6. The molecule has 2 amide bonds. The van der Waals surface area contributed by atoms with Crippen LogP contribution >= 0.6 is 0 Å². The number of amides is 2. The lowest BCUT2D eigenvalue weighted by molar-refractivity contribution is -0.114. The topological polar surface area (TPSA) is 73.5 Å². The predicted octanol–water partition coefficient (Wildman–Crippen LogP) is 5.63. The van der Waals surface area contributed by atoms with Gasteiger partial charge in [-0.25, -0.2) is 0 Å². The Morgan fingerprint density at radius 2 is 1.46 bits per heavy atom. The van der Waals surface area contributed by atoms with Crippen LogP contribution in [-0.2, 0) is 24.2 Å². The van der Waals surface area contributed by atoms with Crippen LogP contribution in [0.3, 0.4) is 0 Å². The Labute approximate surface area is 217 Å². The molecule has 0 bridgehead atoms. The maximum absolute atomic E-state index is 12.8. The summed E-state index contributed by atoms with van der Waals surface area (Å²) >= 11 is 0. The SMILES string of the molecule is O=C1NC(=O)c2ccc(Nc3ccc4c(c3)CCC4)cc2/C1=C/Nc1ccc(CN2CCCCC2)cc1. The minimum atomic E-state index is -0.401. The van der Waals surface area contributed by atoms with Crippen molar-refractivity contribution in [3.8, 4) is 0 Å². The molecule has 0 radical (unpaired) electrons. The second-order valence-corrected chi connectivity index (χ2v) is 10.2. The van der Waals surface area contributed by atoms with Crippen molar-refractivity contribution in [2.45, 2.75) is 45.1 Å². The van der Waals surface area contributed by atoms with Crippen molar-refractivity contribution < 1.29 is 9.59 Å². The summed E-state index contributed by atoms with van der Waals surface area (Å²) in [6.07, 6.45) is 9.06. The Morgan fingerprint density at radius 3 is 2.30 bits per heavy atom. The molecule has 1 aliphatic carbocycles. The molecule has 2 heterocycles. The van der Waals surface area contributed by atoms with E-state index in [0.717, 1.165) is 36.4 Å². The average molecular weight is 493 g/mol. The van der Waals surface area contributed by atoms with Crippen molar-refractivity contribution in [1.29, 1.82) is 0 Å². The molecule has 0 saturated carbocycles. The summed E-state index contributed by atoms with van der Waals surface area (Å²) in [5.41, 5.74) is 8.40. The van der Waals surface area contributed by atoms with E-state index >= 15 is 0 Å². The summed E-state index contributed by atoms with van der Waals surface area (Å²) in [7, 11) is 0. The normalized spacial score (nSPS) is 18.3. The Balaban J connectivity index is 1.20. The quantitative estimate of drug-likeness (QED) is 0.307. The fraction of sp³-hybridized carbons (Fsp3) is 0.290. The molecule has 37 heavy (non-hydrogen) atoms. The van der Waals surface area contributed by atoms with E-state index in [1.165, 1.54) is 55.5 Å². The van der Waals surface area contributed by atoms with Gasteiger partial charge in [-0.1, -0.05) is 24.6 Å². The van der Waals surface area contributed by atoms with Crippen molar-refractivity contribution in [2.75, 3.05) is 23.7 Å². The molecule has 1 saturated heterocycles. The highest BCUT2D eigenvalue weighted by atomic mass is 16.2. The van der Waals surface area contributed by atoms with Crippen LogP contribution in [0.25, 0.3) is 5.57 Å². The Hall–Kier alpha value is -3.90. The van der Waals surface area contributed by atoms with Gasteiger partial charge >= 0.3 is 0 Å². The number of fused-ring (bicyclic) bond motifs is 2. The Kier molecular flexibility index (Phi) is 6.49. The molecule has 0 spiro atoms. The van der Waals surface area contributed by atoms with Crippen LogP contribution in [0.1, 0.15) is 58.3 Å². The van der Waals surface area contributed by atoms with Crippen LogP contribution in [0.15, 0.2) is 66.9 Å². The number of likely N-dealkylation sites (tertiary alicyclic amines) is 1. The molecule has 0 unspecified atom stereocenters. The number of carbonyl (C=O) groups excluding carboxylic acids is 2. The van der Waals surface area contributed by atoms with E-state index in [1.54, 1.807) is 12.3 Å². The van der Waals surface area contributed by atoms with Crippen LogP contribution in [0.5, 0.6) is 0 Å². The van der Waals surface area contributed by atoms with E-state index in [4.69, 9.17) is 0 Å². The first-order chi connectivity index (χ1) is 18.1. The summed E-state index contributed by atoms with van der Waals surface area (Å²) < 4.78 is 0. The molecular formula is C31H32N4O2. The molecular weight excluding hydrogens is 460 g/mol. The average Bonchev–Trinajstić information content (AvgIpc) is 3.38. The first kappa shape index (κ1) is 23.5. The zero-order chi connectivity index (χ0) is 25.2. The molecule has 188 valence electrons. The van der Waals surface area contributed by atoms with E-state index in [0.29, 0.717) is 16.7 Å². The van der Waals surface area contributed by atoms with E-state index < -0.39 is 5.91 Å². The summed E-state index contributed by atoms with van der Waals surface area (Å²) in [6, 6.07) is 20.4. The fourth-order valence-corrected chi connectivity index (χ4v) is 5.60. The molecule has 6 heteroatoms. The molecule has 6 nitrogen and oxygen atoms in total. The number of hydrogen-bond acceptors (Lipinski definition) is 5. The number of anilines is 3. The van der Waals surface area contributed by atoms with Crippen molar-refractivity contribution in [1.82, 2.24) is 10.2 Å². The van der Waals surface area contributed by atoms with Gasteiger partial charge in [-0.3, -0.25) is 19.8 Å². The van der Waals surface area contributed by atoms with Crippen LogP contribution < -0.4 is 16.0 Å². The zero-order valence-electron chi connectivity index (χ0n) is 21.0. The molecule has 3 aliphatic rings. The van der Waals surface area contributed by atoms with Crippen LogP contribution in [0.2, 0.25) is 0 Å². The predicted molar refractivity (Wildman–Crippen MR) is 148 cm³/mol. The molecule has 0 aromatic heterocycles. The number of benzene rings is 3. The van der Waals surface area contributed by atoms with Crippen molar-refractivity contribution in [3.63, 3.8) is 0 Å². The van der Waals surface area contributed by atoms with Gasteiger partial charge in [0, 0.05) is 40.9 Å². The Morgan fingerprint density at radius 1 is 0.730 bits per heavy atom. The number of nitrogens with zero attached hydrogens (tertiary/aromatic N) is 1. The number of carbonyl (C=O) groups is 2. The maximum Gasteiger partial charge on any atom is 0.260 e. The highest BCUT2D eigenvalue weighted by molar-refractivity contribution is 6.31. The molecule has 0 atom stereocenters. The van der Waals surface area contributed by atoms with Gasteiger partial charge in [0.1, 0.15) is 0 Å². The van der Waals surface area contributed by atoms with Crippen LogP contribution in [0.4, 0.5) is 17.1 Å². The van der Waals surface area contributed by atoms with E-state index in [2.05, 4.69) is 51.2 Å². The molecule has 2 aliphatic heterocycles. The first-order valence-corrected chi connectivity index (χ1v) is 13.3. The second-order valence-electron chi connectivity index (χ2n) is 10.2. The third kappa shape index (κ3) is 5.16.